The van der Waals surface area contributed by atoms with E-state index in [4.69, 9.17) is 4.99 Å². The zero-order valence-electron chi connectivity index (χ0n) is 14.0. The number of rotatable bonds is 2. The summed E-state index contributed by atoms with van der Waals surface area (Å²) >= 11 is 1.77. The number of thioether (sulfide) groups is 1. The Bertz CT molecular complexity index is 1140. The molecule has 5 rings (SSSR count). The summed E-state index contributed by atoms with van der Waals surface area (Å²) in [5, 5.41) is 5.20. The Hall–Kier alpha value is -2.58. The van der Waals surface area contributed by atoms with Crippen LogP contribution in [0.1, 0.15) is 11.1 Å². The van der Waals surface area contributed by atoms with Crippen molar-refractivity contribution < 1.29 is 0 Å². The lowest BCUT2D eigenvalue weighted by atomic mass is 9.93. The SMILES string of the molecule is CSc1ccc(C2=Nc3c(c4ccccc4c4ccccc34)C2)cc1. The molecule has 2 heteroatoms. The predicted octanol–water partition coefficient (Wildman–Crippen LogP) is 6.39. The largest absolute Gasteiger partial charge is 0.252 e. The lowest BCUT2D eigenvalue weighted by Gasteiger charge is -2.09. The third kappa shape index (κ3) is 2.29. The Balaban J connectivity index is 1.75. The van der Waals surface area contributed by atoms with Gasteiger partial charge in [-0.1, -0.05) is 60.7 Å². The Morgan fingerprint density at radius 1 is 0.720 bits per heavy atom. The van der Waals surface area contributed by atoms with E-state index in [-0.39, 0.29) is 0 Å². The van der Waals surface area contributed by atoms with Crippen LogP contribution in [0.25, 0.3) is 21.5 Å². The fourth-order valence-electron chi connectivity index (χ4n) is 3.79. The van der Waals surface area contributed by atoms with Crippen molar-refractivity contribution >= 4 is 44.7 Å². The topological polar surface area (TPSA) is 12.4 Å². The molecule has 0 atom stereocenters. The van der Waals surface area contributed by atoms with Crippen molar-refractivity contribution in [1.29, 1.82) is 0 Å². The molecule has 0 fully saturated rings. The first-order valence-electron chi connectivity index (χ1n) is 8.49. The zero-order valence-corrected chi connectivity index (χ0v) is 14.8. The summed E-state index contributed by atoms with van der Waals surface area (Å²) in [5.74, 6) is 0. The van der Waals surface area contributed by atoms with Gasteiger partial charge in [0, 0.05) is 16.7 Å². The Morgan fingerprint density at radius 2 is 1.32 bits per heavy atom. The fourth-order valence-corrected chi connectivity index (χ4v) is 4.20. The molecule has 0 N–H and O–H groups in total. The zero-order chi connectivity index (χ0) is 16.8. The van der Waals surface area contributed by atoms with E-state index in [0.29, 0.717) is 0 Å². The summed E-state index contributed by atoms with van der Waals surface area (Å²) in [6.07, 6.45) is 3.01. The second kappa shape index (κ2) is 5.75. The minimum Gasteiger partial charge on any atom is -0.252 e. The van der Waals surface area contributed by atoms with Crippen LogP contribution in [0.4, 0.5) is 5.69 Å². The maximum atomic E-state index is 5.07. The highest BCUT2D eigenvalue weighted by molar-refractivity contribution is 7.98. The molecular formula is C23H17NS. The van der Waals surface area contributed by atoms with Crippen molar-refractivity contribution in [1.82, 2.24) is 0 Å². The van der Waals surface area contributed by atoms with E-state index in [1.54, 1.807) is 11.8 Å². The number of aliphatic imine (C=N–C) groups is 1. The number of hydrogen-bond donors (Lipinski definition) is 0. The van der Waals surface area contributed by atoms with Gasteiger partial charge in [0.1, 0.15) is 0 Å². The molecule has 1 aliphatic rings. The smallest absolute Gasteiger partial charge is 0.0754 e. The van der Waals surface area contributed by atoms with E-state index in [9.17, 15) is 0 Å². The van der Waals surface area contributed by atoms with Gasteiger partial charge in [0.05, 0.1) is 11.4 Å². The minimum absolute atomic E-state index is 0.902. The van der Waals surface area contributed by atoms with Crippen LogP contribution in [-0.2, 0) is 6.42 Å². The molecule has 0 spiro atoms. The van der Waals surface area contributed by atoms with Gasteiger partial charge in [0.25, 0.3) is 0 Å². The summed E-state index contributed by atoms with van der Waals surface area (Å²) in [7, 11) is 0. The van der Waals surface area contributed by atoms with Gasteiger partial charge in [-0.15, -0.1) is 11.8 Å². The molecule has 0 saturated carbocycles. The average Bonchev–Trinajstić information content (AvgIpc) is 3.14. The first-order chi connectivity index (χ1) is 12.3. The summed E-state index contributed by atoms with van der Waals surface area (Å²) in [4.78, 5) is 6.35. The summed E-state index contributed by atoms with van der Waals surface area (Å²) in [5.41, 5.74) is 4.91. The number of hydrogen-bond acceptors (Lipinski definition) is 2. The summed E-state index contributed by atoms with van der Waals surface area (Å²) in [6.45, 7) is 0. The fraction of sp³-hybridized carbons (Fsp3) is 0.0870. The molecule has 0 amide bonds. The van der Waals surface area contributed by atoms with E-state index < -0.39 is 0 Å². The Labute approximate surface area is 151 Å². The van der Waals surface area contributed by atoms with Crippen molar-refractivity contribution in [2.24, 2.45) is 4.99 Å². The van der Waals surface area contributed by atoms with Gasteiger partial charge >= 0.3 is 0 Å². The summed E-state index contributed by atoms with van der Waals surface area (Å²) < 4.78 is 0. The van der Waals surface area contributed by atoms with Crippen LogP contribution in [-0.4, -0.2) is 12.0 Å². The van der Waals surface area contributed by atoms with Crippen LogP contribution in [0.2, 0.25) is 0 Å². The highest BCUT2D eigenvalue weighted by Gasteiger charge is 2.21. The van der Waals surface area contributed by atoms with E-state index in [2.05, 4.69) is 79.1 Å². The predicted molar refractivity (Wildman–Crippen MR) is 110 cm³/mol. The lowest BCUT2D eigenvalue weighted by Crippen LogP contribution is -2.00. The molecule has 1 heterocycles. The van der Waals surface area contributed by atoms with Crippen LogP contribution in [0.5, 0.6) is 0 Å². The monoisotopic (exact) mass is 339 g/mol. The van der Waals surface area contributed by atoms with Crippen LogP contribution in [0.15, 0.2) is 82.7 Å². The molecule has 0 aromatic heterocycles. The molecule has 4 aromatic rings. The molecule has 1 nitrogen and oxygen atoms in total. The van der Waals surface area contributed by atoms with E-state index in [1.807, 2.05) is 0 Å². The minimum atomic E-state index is 0.902. The number of fused-ring (bicyclic) bond motifs is 6. The van der Waals surface area contributed by atoms with Crippen molar-refractivity contribution in [3.8, 4) is 0 Å². The first-order valence-corrected chi connectivity index (χ1v) is 9.72. The Kier molecular flexibility index (Phi) is 3.39. The maximum Gasteiger partial charge on any atom is 0.0754 e. The normalized spacial score (nSPS) is 13.2. The highest BCUT2D eigenvalue weighted by atomic mass is 32.2. The van der Waals surface area contributed by atoms with E-state index in [0.717, 1.165) is 12.1 Å². The third-order valence-corrected chi connectivity index (χ3v) is 5.77. The van der Waals surface area contributed by atoms with Crippen LogP contribution in [0, 0.1) is 0 Å². The molecule has 120 valence electrons. The second-order valence-electron chi connectivity index (χ2n) is 6.38. The molecule has 0 bridgehead atoms. The van der Waals surface area contributed by atoms with Crippen LogP contribution < -0.4 is 0 Å². The molecule has 0 radical (unpaired) electrons. The quantitative estimate of drug-likeness (QED) is 0.304. The number of nitrogens with zero attached hydrogens (tertiary/aromatic N) is 1. The molecule has 25 heavy (non-hydrogen) atoms. The first kappa shape index (κ1) is 14.7. The van der Waals surface area contributed by atoms with Gasteiger partial charge in [-0.3, -0.25) is 4.99 Å². The standard InChI is InChI=1S/C23H17NS/c1-25-16-12-10-15(11-13-16)22-14-21-19-8-3-2-6-17(19)18-7-4-5-9-20(18)23(21)24-22/h2-13H,14H2,1H3. The molecule has 1 aliphatic heterocycles. The van der Waals surface area contributed by atoms with Crippen molar-refractivity contribution in [3.63, 3.8) is 0 Å². The van der Waals surface area contributed by atoms with Gasteiger partial charge in [-0.25, -0.2) is 0 Å². The highest BCUT2D eigenvalue weighted by Crippen LogP contribution is 2.42. The van der Waals surface area contributed by atoms with Gasteiger partial charge in [-0.2, -0.15) is 0 Å². The lowest BCUT2D eigenvalue weighted by molar-refractivity contribution is 1.40. The van der Waals surface area contributed by atoms with Crippen molar-refractivity contribution in [2.75, 3.05) is 6.26 Å². The number of benzene rings is 4. The summed E-state index contributed by atoms with van der Waals surface area (Å²) in [6, 6.07) is 26.1. The molecule has 0 saturated heterocycles. The van der Waals surface area contributed by atoms with Gasteiger partial charge < -0.3 is 0 Å². The van der Waals surface area contributed by atoms with Crippen LogP contribution >= 0.6 is 11.8 Å². The maximum absolute atomic E-state index is 5.07. The van der Waals surface area contributed by atoms with Crippen molar-refractivity contribution in [2.45, 2.75) is 11.3 Å². The molecular weight excluding hydrogens is 322 g/mol. The van der Waals surface area contributed by atoms with Gasteiger partial charge in [0.15, 0.2) is 0 Å². The van der Waals surface area contributed by atoms with E-state index >= 15 is 0 Å². The third-order valence-electron chi connectivity index (χ3n) is 5.02. The average molecular weight is 339 g/mol. The molecule has 0 aliphatic carbocycles. The van der Waals surface area contributed by atoms with Gasteiger partial charge in [-0.05, 0) is 45.7 Å². The second-order valence-corrected chi connectivity index (χ2v) is 7.26. The Morgan fingerprint density at radius 3 is 2.00 bits per heavy atom. The van der Waals surface area contributed by atoms with E-state index in [1.165, 1.54) is 43.3 Å². The van der Waals surface area contributed by atoms with Crippen molar-refractivity contribution in [3.05, 3.63) is 83.9 Å². The van der Waals surface area contributed by atoms with Crippen LogP contribution in [0.3, 0.4) is 0 Å². The van der Waals surface area contributed by atoms with Gasteiger partial charge in [0.2, 0.25) is 0 Å². The molecule has 4 aromatic carbocycles. The molecule has 0 unspecified atom stereocenters.